The summed E-state index contributed by atoms with van der Waals surface area (Å²) in [6.45, 7) is 3.02. The third kappa shape index (κ3) is 4.49. The summed E-state index contributed by atoms with van der Waals surface area (Å²) in [6, 6.07) is 3.48. The lowest BCUT2D eigenvalue weighted by molar-refractivity contribution is -0.118. The fraction of sp³-hybridized carbons (Fsp3) is 0.562. The summed E-state index contributed by atoms with van der Waals surface area (Å²) in [7, 11) is 0. The molecule has 0 atom stereocenters. The Morgan fingerprint density at radius 3 is 2.67 bits per heavy atom. The van der Waals surface area contributed by atoms with Crippen LogP contribution in [0, 0.1) is 11.6 Å². The number of carbonyl (C=O) groups is 1. The molecular weight excluding hydrogens is 274 g/mol. The molecule has 1 saturated carbocycles. The van der Waals surface area contributed by atoms with Crippen molar-refractivity contribution in [1.29, 1.82) is 0 Å². The number of rotatable bonds is 5. The first-order chi connectivity index (χ1) is 10.1. The van der Waals surface area contributed by atoms with Crippen LogP contribution < -0.4 is 5.32 Å². The van der Waals surface area contributed by atoms with E-state index in [1.807, 2.05) is 6.92 Å². The second-order valence-electron chi connectivity index (χ2n) is 5.53. The van der Waals surface area contributed by atoms with Crippen molar-refractivity contribution in [2.75, 3.05) is 18.4 Å². The van der Waals surface area contributed by atoms with E-state index in [0.29, 0.717) is 6.04 Å². The van der Waals surface area contributed by atoms with E-state index in [1.54, 1.807) is 0 Å². The second kappa shape index (κ2) is 7.50. The normalized spacial score (nSPS) is 16.2. The Morgan fingerprint density at radius 2 is 2.00 bits per heavy atom. The molecule has 2 rings (SSSR count). The SMILES string of the molecule is CCN(CC(=O)Nc1cc(F)ccc1F)C1CCCCC1. The lowest BCUT2D eigenvalue weighted by Gasteiger charge is -2.32. The van der Waals surface area contributed by atoms with Gasteiger partial charge in [0.25, 0.3) is 0 Å². The molecule has 1 fully saturated rings. The fourth-order valence-electron chi connectivity index (χ4n) is 2.91. The highest BCUT2D eigenvalue weighted by Gasteiger charge is 2.22. The molecule has 1 aromatic carbocycles. The number of hydrogen-bond donors (Lipinski definition) is 1. The summed E-state index contributed by atoms with van der Waals surface area (Å²) >= 11 is 0. The van der Waals surface area contributed by atoms with Gasteiger partial charge in [0, 0.05) is 12.1 Å². The van der Waals surface area contributed by atoms with E-state index < -0.39 is 11.6 Å². The number of halogens is 2. The summed E-state index contributed by atoms with van der Waals surface area (Å²) < 4.78 is 26.6. The summed E-state index contributed by atoms with van der Waals surface area (Å²) in [5, 5.41) is 2.46. The minimum absolute atomic E-state index is 0.0975. The molecule has 21 heavy (non-hydrogen) atoms. The molecule has 0 aromatic heterocycles. The van der Waals surface area contributed by atoms with Crippen molar-refractivity contribution in [3.63, 3.8) is 0 Å². The zero-order valence-corrected chi connectivity index (χ0v) is 12.4. The van der Waals surface area contributed by atoms with E-state index in [2.05, 4.69) is 10.2 Å². The van der Waals surface area contributed by atoms with Crippen molar-refractivity contribution >= 4 is 11.6 Å². The van der Waals surface area contributed by atoms with Crippen molar-refractivity contribution in [1.82, 2.24) is 4.90 Å². The highest BCUT2D eigenvalue weighted by atomic mass is 19.1. The van der Waals surface area contributed by atoms with Gasteiger partial charge in [0.1, 0.15) is 11.6 Å². The molecule has 0 unspecified atom stereocenters. The number of hydrogen-bond acceptors (Lipinski definition) is 2. The van der Waals surface area contributed by atoms with Crippen LogP contribution in [-0.4, -0.2) is 29.9 Å². The lowest BCUT2D eigenvalue weighted by atomic mass is 9.94. The van der Waals surface area contributed by atoms with Crippen LogP contribution in [0.5, 0.6) is 0 Å². The topological polar surface area (TPSA) is 32.3 Å². The molecule has 5 heteroatoms. The largest absolute Gasteiger partial charge is 0.322 e. The highest BCUT2D eigenvalue weighted by Crippen LogP contribution is 2.22. The Kier molecular flexibility index (Phi) is 5.67. The number of benzene rings is 1. The quantitative estimate of drug-likeness (QED) is 0.901. The summed E-state index contributed by atoms with van der Waals surface area (Å²) in [6.07, 6.45) is 5.86. The Morgan fingerprint density at radius 1 is 1.29 bits per heavy atom. The van der Waals surface area contributed by atoms with Crippen molar-refractivity contribution in [2.45, 2.75) is 45.1 Å². The van der Waals surface area contributed by atoms with E-state index in [0.717, 1.165) is 37.6 Å². The van der Waals surface area contributed by atoms with E-state index in [4.69, 9.17) is 0 Å². The highest BCUT2D eigenvalue weighted by molar-refractivity contribution is 5.92. The third-order valence-electron chi connectivity index (χ3n) is 4.05. The molecule has 1 amide bonds. The van der Waals surface area contributed by atoms with Gasteiger partial charge in [-0.3, -0.25) is 9.69 Å². The summed E-state index contributed by atoms with van der Waals surface area (Å²) in [5.41, 5.74) is -0.0975. The van der Waals surface area contributed by atoms with Gasteiger partial charge in [-0.2, -0.15) is 0 Å². The van der Waals surface area contributed by atoms with Crippen LogP contribution >= 0.6 is 0 Å². The average Bonchev–Trinajstić information content (AvgIpc) is 2.49. The van der Waals surface area contributed by atoms with Crippen LogP contribution in [0.25, 0.3) is 0 Å². The first-order valence-corrected chi connectivity index (χ1v) is 7.59. The van der Waals surface area contributed by atoms with Crippen molar-refractivity contribution in [2.24, 2.45) is 0 Å². The maximum atomic E-state index is 13.5. The minimum atomic E-state index is -0.620. The monoisotopic (exact) mass is 296 g/mol. The van der Waals surface area contributed by atoms with Gasteiger partial charge in [-0.05, 0) is 31.5 Å². The molecule has 1 aliphatic carbocycles. The van der Waals surface area contributed by atoms with Gasteiger partial charge >= 0.3 is 0 Å². The fourth-order valence-corrected chi connectivity index (χ4v) is 2.91. The van der Waals surface area contributed by atoms with Gasteiger partial charge in [-0.25, -0.2) is 8.78 Å². The average molecular weight is 296 g/mol. The Hall–Kier alpha value is -1.49. The number of nitrogens with one attached hydrogen (secondary N) is 1. The van der Waals surface area contributed by atoms with Crippen LogP contribution in [0.1, 0.15) is 39.0 Å². The molecule has 116 valence electrons. The van der Waals surface area contributed by atoms with Crippen LogP contribution in [0.15, 0.2) is 18.2 Å². The Balaban J connectivity index is 1.94. The van der Waals surface area contributed by atoms with Crippen molar-refractivity contribution < 1.29 is 13.6 Å². The minimum Gasteiger partial charge on any atom is -0.322 e. The molecular formula is C16H22F2N2O. The van der Waals surface area contributed by atoms with Gasteiger partial charge in [-0.1, -0.05) is 26.2 Å². The van der Waals surface area contributed by atoms with Crippen molar-refractivity contribution in [3.8, 4) is 0 Å². The number of likely N-dealkylation sites (N-methyl/N-ethyl adjacent to an activating group) is 1. The van der Waals surface area contributed by atoms with Crippen LogP contribution in [0.4, 0.5) is 14.5 Å². The maximum absolute atomic E-state index is 13.5. The molecule has 0 heterocycles. The molecule has 0 spiro atoms. The molecule has 1 N–H and O–H groups in total. The zero-order valence-electron chi connectivity index (χ0n) is 12.4. The summed E-state index contributed by atoms with van der Waals surface area (Å²) in [4.78, 5) is 14.2. The third-order valence-corrected chi connectivity index (χ3v) is 4.05. The van der Waals surface area contributed by atoms with Gasteiger partial charge in [0.15, 0.2) is 0 Å². The number of nitrogens with zero attached hydrogens (tertiary/aromatic N) is 1. The lowest BCUT2D eigenvalue weighted by Crippen LogP contribution is -2.41. The number of anilines is 1. The number of carbonyl (C=O) groups excluding carboxylic acids is 1. The predicted molar refractivity (Wildman–Crippen MR) is 79.1 cm³/mol. The second-order valence-corrected chi connectivity index (χ2v) is 5.53. The molecule has 1 aromatic rings. The first kappa shape index (κ1) is 15.9. The van der Waals surface area contributed by atoms with E-state index in [9.17, 15) is 13.6 Å². The van der Waals surface area contributed by atoms with Crippen LogP contribution in [0.2, 0.25) is 0 Å². The molecule has 3 nitrogen and oxygen atoms in total. The van der Waals surface area contributed by atoms with Gasteiger partial charge in [-0.15, -0.1) is 0 Å². The van der Waals surface area contributed by atoms with Crippen molar-refractivity contribution in [3.05, 3.63) is 29.8 Å². The molecule has 0 aliphatic heterocycles. The number of amides is 1. The van der Waals surface area contributed by atoms with E-state index in [-0.39, 0.29) is 18.1 Å². The summed E-state index contributed by atoms with van der Waals surface area (Å²) in [5.74, 6) is -1.48. The van der Waals surface area contributed by atoms with E-state index >= 15 is 0 Å². The predicted octanol–water partition coefficient (Wildman–Crippen LogP) is 3.56. The Bertz CT molecular complexity index is 487. The van der Waals surface area contributed by atoms with Gasteiger partial charge in [0.2, 0.25) is 5.91 Å². The Labute approximate surface area is 124 Å². The smallest absolute Gasteiger partial charge is 0.238 e. The van der Waals surface area contributed by atoms with Gasteiger partial charge in [0.05, 0.1) is 12.2 Å². The molecule has 0 radical (unpaired) electrons. The first-order valence-electron chi connectivity index (χ1n) is 7.59. The van der Waals surface area contributed by atoms with Gasteiger partial charge < -0.3 is 5.32 Å². The standard InChI is InChI=1S/C16H22F2N2O/c1-2-20(13-6-4-3-5-7-13)11-16(21)19-15-10-12(17)8-9-14(15)18/h8-10,13H,2-7,11H2,1H3,(H,19,21). The maximum Gasteiger partial charge on any atom is 0.238 e. The van der Waals surface area contributed by atoms with Crippen LogP contribution in [0.3, 0.4) is 0 Å². The van der Waals surface area contributed by atoms with Crippen LogP contribution in [-0.2, 0) is 4.79 Å². The molecule has 1 aliphatic rings. The molecule has 0 saturated heterocycles. The molecule has 0 bridgehead atoms. The zero-order chi connectivity index (χ0) is 15.2. The van der Waals surface area contributed by atoms with E-state index in [1.165, 1.54) is 19.3 Å².